The average molecular weight is 441 g/mol. The van der Waals surface area contributed by atoms with Crippen LogP contribution in [0, 0.1) is 5.82 Å². The lowest BCUT2D eigenvalue weighted by molar-refractivity contribution is 0.101. The highest BCUT2D eigenvalue weighted by Crippen LogP contribution is 2.24. The van der Waals surface area contributed by atoms with Gasteiger partial charge in [0.1, 0.15) is 23.9 Å². The molecule has 0 atom stereocenters. The predicted octanol–water partition coefficient (Wildman–Crippen LogP) is 5.30. The van der Waals surface area contributed by atoms with Crippen LogP contribution in [-0.4, -0.2) is 16.8 Å². The maximum atomic E-state index is 13.8. The summed E-state index contributed by atoms with van der Waals surface area (Å²) in [5, 5.41) is 5.31. The Morgan fingerprint density at radius 1 is 0.788 bits per heavy atom. The van der Waals surface area contributed by atoms with E-state index in [2.05, 4.69) is 15.6 Å². The fraction of sp³-hybridized carbons (Fsp3) is 0.0385. The van der Waals surface area contributed by atoms with Crippen LogP contribution in [-0.2, 0) is 6.61 Å². The number of anilines is 2. The van der Waals surface area contributed by atoms with E-state index in [9.17, 15) is 14.0 Å². The number of rotatable bonds is 7. The minimum Gasteiger partial charge on any atom is -0.489 e. The van der Waals surface area contributed by atoms with Crippen LogP contribution in [0.15, 0.2) is 97.2 Å². The van der Waals surface area contributed by atoms with Gasteiger partial charge in [0, 0.05) is 11.8 Å². The Bertz CT molecular complexity index is 1250. The van der Waals surface area contributed by atoms with E-state index in [-0.39, 0.29) is 17.1 Å². The van der Waals surface area contributed by atoms with E-state index in [0.717, 1.165) is 17.4 Å². The Morgan fingerprint density at radius 3 is 2.24 bits per heavy atom. The van der Waals surface area contributed by atoms with E-state index >= 15 is 0 Å². The molecule has 2 N–H and O–H groups in total. The molecule has 0 spiro atoms. The first-order chi connectivity index (χ1) is 16.1. The largest absolute Gasteiger partial charge is 0.489 e. The molecule has 33 heavy (non-hydrogen) atoms. The fourth-order valence-corrected chi connectivity index (χ4v) is 3.04. The third-order valence-corrected chi connectivity index (χ3v) is 4.74. The molecule has 0 unspecified atom stereocenters. The molecule has 0 fully saturated rings. The molecule has 0 aliphatic heterocycles. The quantitative estimate of drug-likeness (QED) is 0.408. The van der Waals surface area contributed by atoms with E-state index in [4.69, 9.17) is 4.74 Å². The molecule has 4 aromatic rings. The highest BCUT2D eigenvalue weighted by Gasteiger charge is 2.14. The summed E-state index contributed by atoms with van der Waals surface area (Å²) in [6.07, 6.45) is 1.50. The molecule has 0 saturated carbocycles. The predicted molar refractivity (Wildman–Crippen MR) is 124 cm³/mol. The fourth-order valence-electron chi connectivity index (χ4n) is 3.04. The number of para-hydroxylation sites is 1. The van der Waals surface area contributed by atoms with Gasteiger partial charge in [-0.1, -0.05) is 36.4 Å². The van der Waals surface area contributed by atoms with Gasteiger partial charge in [-0.15, -0.1) is 0 Å². The number of amides is 2. The normalized spacial score (nSPS) is 10.3. The smallest absolute Gasteiger partial charge is 0.274 e. The maximum Gasteiger partial charge on any atom is 0.274 e. The van der Waals surface area contributed by atoms with Gasteiger partial charge in [0.05, 0.1) is 11.4 Å². The van der Waals surface area contributed by atoms with Crippen LogP contribution in [0.3, 0.4) is 0 Å². The number of nitrogens with zero attached hydrogens (tertiary/aromatic N) is 1. The lowest BCUT2D eigenvalue weighted by Crippen LogP contribution is -2.17. The molecule has 2 amide bonds. The number of carbonyl (C=O) groups excluding carboxylic acids is 2. The molecular weight excluding hydrogens is 421 g/mol. The number of aromatic nitrogens is 1. The van der Waals surface area contributed by atoms with Crippen LogP contribution in [0.2, 0.25) is 0 Å². The van der Waals surface area contributed by atoms with Crippen molar-refractivity contribution in [3.8, 4) is 5.75 Å². The van der Waals surface area contributed by atoms with E-state index in [0.29, 0.717) is 12.2 Å². The zero-order chi connectivity index (χ0) is 23.0. The van der Waals surface area contributed by atoms with Crippen LogP contribution in [0.5, 0.6) is 5.75 Å². The summed E-state index contributed by atoms with van der Waals surface area (Å²) < 4.78 is 19.6. The Kier molecular flexibility index (Phi) is 6.70. The molecule has 4 rings (SSSR count). The Balaban J connectivity index is 1.43. The SMILES string of the molecule is O=C(Nc1cc(F)ccc1NC(=O)c1ccccn1)c1ccc(COc2ccccc2)cc1. The van der Waals surface area contributed by atoms with Crippen molar-refractivity contribution in [2.45, 2.75) is 6.61 Å². The topological polar surface area (TPSA) is 80.3 Å². The maximum absolute atomic E-state index is 13.8. The monoisotopic (exact) mass is 441 g/mol. The lowest BCUT2D eigenvalue weighted by atomic mass is 10.1. The summed E-state index contributed by atoms with van der Waals surface area (Å²) in [5.41, 5.74) is 1.87. The van der Waals surface area contributed by atoms with Gasteiger partial charge in [-0.25, -0.2) is 4.39 Å². The van der Waals surface area contributed by atoms with E-state index in [1.807, 2.05) is 30.3 Å². The molecule has 1 heterocycles. The van der Waals surface area contributed by atoms with Crippen molar-refractivity contribution in [3.05, 3.63) is 120 Å². The van der Waals surface area contributed by atoms with Crippen molar-refractivity contribution in [1.29, 1.82) is 0 Å². The second-order valence-corrected chi connectivity index (χ2v) is 7.11. The number of carbonyl (C=O) groups is 2. The van der Waals surface area contributed by atoms with Crippen molar-refractivity contribution < 1.29 is 18.7 Å². The third kappa shape index (κ3) is 5.80. The van der Waals surface area contributed by atoms with Gasteiger partial charge in [0.25, 0.3) is 11.8 Å². The van der Waals surface area contributed by atoms with Crippen molar-refractivity contribution in [1.82, 2.24) is 4.98 Å². The molecular formula is C26H20FN3O3. The molecule has 1 aromatic heterocycles. The molecule has 0 bridgehead atoms. The summed E-state index contributed by atoms with van der Waals surface area (Å²) in [4.78, 5) is 29.1. The number of halogens is 1. The number of hydrogen-bond acceptors (Lipinski definition) is 4. The molecule has 3 aromatic carbocycles. The van der Waals surface area contributed by atoms with E-state index in [1.54, 1.807) is 42.5 Å². The van der Waals surface area contributed by atoms with E-state index in [1.165, 1.54) is 18.3 Å². The number of ether oxygens (including phenoxy) is 1. The molecule has 0 aliphatic carbocycles. The number of pyridine rings is 1. The van der Waals surface area contributed by atoms with Gasteiger partial charge in [-0.2, -0.15) is 0 Å². The van der Waals surface area contributed by atoms with Crippen LogP contribution in [0.25, 0.3) is 0 Å². The first-order valence-corrected chi connectivity index (χ1v) is 10.2. The van der Waals surface area contributed by atoms with Crippen molar-refractivity contribution in [2.24, 2.45) is 0 Å². The summed E-state index contributed by atoms with van der Waals surface area (Å²) in [6, 6.07) is 25.0. The van der Waals surface area contributed by atoms with Gasteiger partial charge in [0.2, 0.25) is 0 Å². The third-order valence-electron chi connectivity index (χ3n) is 4.74. The zero-order valence-corrected chi connectivity index (χ0v) is 17.5. The Morgan fingerprint density at radius 2 is 1.52 bits per heavy atom. The van der Waals surface area contributed by atoms with Gasteiger partial charge >= 0.3 is 0 Å². The van der Waals surface area contributed by atoms with Crippen molar-refractivity contribution in [2.75, 3.05) is 10.6 Å². The van der Waals surface area contributed by atoms with Gasteiger partial charge in [-0.3, -0.25) is 14.6 Å². The van der Waals surface area contributed by atoms with Crippen LogP contribution >= 0.6 is 0 Å². The lowest BCUT2D eigenvalue weighted by Gasteiger charge is -2.13. The van der Waals surface area contributed by atoms with Crippen LogP contribution in [0.4, 0.5) is 15.8 Å². The molecule has 7 heteroatoms. The second kappa shape index (κ2) is 10.2. The summed E-state index contributed by atoms with van der Waals surface area (Å²) in [7, 11) is 0. The standard InChI is InChI=1S/C26H20FN3O3/c27-20-13-14-22(29-26(32)23-8-4-5-15-28-23)24(16-20)30-25(31)19-11-9-18(10-12-19)17-33-21-6-2-1-3-7-21/h1-16H,17H2,(H,29,32)(H,30,31). The molecule has 0 radical (unpaired) electrons. The highest BCUT2D eigenvalue weighted by atomic mass is 19.1. The zero-order valence-electron chi connectivity index (χ0n) is 17.5. The Hall–Kier alpha value is -4.52. The van der Waals surface area contributed by atoms with E-state index < -0.39 is 17.6 Å². The molecule has 0 aliphatic rings. The molecule has 164 valence electrons. The summed E-state index contributed by atoms with van der Waals surface area (Å²) >= 11 is 0. The van der Waals surface area contributed by atoms with Gasteiger partial charge in [-0.05, 0) is 60.2 Å². The van der Waals surface area contributed by atoms with Gasteiger partial charge < -0.3 is 15.4 Å². The Labute approximate surface area is 190 Å². The number of benzene rings is 3. The first kappa shape index (κ1) is 21.7. The van der Waals surface area contributed by atoms with Crippen LogP contribution < -0.4 is 15.4 Å². The minimum atomic E-state index is -0.547. The van der Waals surface area contributed by atoms with Crippen molar-refractivity contribution >= 4 is 23.2 Å². The van der Waals surface area contributed by atoms with Gasteiger partial charge in [0.15, 0.2) is 0 Å². The molecule has 0 saturated heterocycles. The summed E-state index contributed by atoms with van der Waals surface area (Å²) in [6.45, 7) is 0.361. The minimum absolute atomic E-state index is 0.140. The summed E-state index contributed by atoms with van der Waals surface area (Å²) in [5.74, 6) is -0.704. The second-order valence-electron chi connectivity index (χ2n) is 7.11. The molecule has 6 nitrogen and oxygen atoms in total. The van der Waals surface area contributed by atoms with Crippen LogP contribution in [0.1, 0.15) is 26.4 Å². The number of nitrogens with one attached hydrogen (secondary N) is 2. The van der Waals surface area contributed by atoms with Crippen molar-refractivity contribution in [3.63, 3.8) is 0 Å². The first-order valence-electron chi connectivity index (χ1n) is 10.2. The average Bonchev–Trinajstić information content (AvgIpc) is 2.86. The number of hydrogen-bond donors (Lipinski definition) is 2. The highest BCUT2D eigenvalue weighted by molar-refractivity contribution is 6.09.